The molecule has 1 saturated heterocycles. The standard InChI is InChI=1S/C15H19N3O4S/c19-10-12-8-16-15(18(12)9-13-2-1-5-22-13)23-11-14(20)17-3-6-21-7-4-17/h1-2,5,8,19H,3-4,6-7,9-11H2. The predicted octanol–water partition coefficient (Wildman–Crippen LogP) is 0.968. The lowest BCUT2D eigenvalue weighted by atomic mass is 10.4. The second-order valence-corrected chi connectivity index (χ2v) is 6.08. The van der Waals surface area contributed by atoms with E-state index in [1.54, 1.807) is 12.5 Å². The average molecular weight is 337 g/mol. The van der Waals surface area contributed by atoms with E-state index in [4.69, 9.17) is 9.15 Å². The quantitative estimate of drug-likeness (QED) is 0.791. The van der Waals surface area contributed by atoms with Crippen molar-refractivity contribution in [2.75, 3.05) is 32.1 Å². The number of carbonyl (C=O) groups is 1. The number of aliphatic hydroxyl groups is 1. The number of furan rings is 1. The molecular formula is C15H19N3O4S. The summed E-state index contributed by atoms with van der Waals surface area (Å²) in [5.74, 6) is 1.18. The Morgan fingerprint density at radius 3 is 2.91 bits per heavy atom. The summed E-state index contributed by atoms with van der Waals surface area (Å²) in [5.41, 5.74) is 0.697. The Labute approximate surface area is 138 Å². The van der Waals surface area contributed by atoms with Crippen molar-refractivity contribution >= 4 is 17.7 Å². The Morgan fingerprint density at radius 1 is 1.39 bits per heavy atom. The highest BCUT2D eigenvalue weighted by Gasteiger charge is 2.19. The Hall–Kier alpha value is -1.77. The largest absolute Gasteiger partial charge is 0.467 e. The maximum Gasteiger partial charge on any atom is 0.233 e. The number of amides is 1. The van der Waals surface area contributed by atoms with Gasteiger partial charge in [-0.25, -0.2) is 4.98 Å². The maximum absolute atomic E-state index is 12.2. The van der Waals surface area contributed by atoms with Crippen LogP contribution < -0.4 is 0 Å². The molecule has 23 heavy (non-hydrogen) atoms. The van der Waals surface area contributed by atoms with Crippen molar-refractivity contribution in [1.82, 2.24) is 14.5 Å². The monoisotopic (exact) mass is 337 g/mol. The zero-order valence-electron chi connectivity index (χ0n) is 12.7. The van der Waals surface area contributed by atoms with Gasteiger partial charge in [0.15, 0.2) is 5.16 Å². The Balaban J connectivity index is 1.65. The van der Waals surface area contributed by atoms with Crippen LogP contribution in [0.4, 0.5) is 0 Å². The molecule has 1 aliphatic rings. The summed E-state index contributed by atoms with van der Waals surface area (Å²) in [6.45, 7) is 2.85. The molecule has 1 fully saturated rings. The first-order valence-corrected chi connectivity index (χ1v) is 8.42. The van der Waals surface area contributed by atoms with Gasteiger partial charge >= 0.3 is 0 Å². The second-order valence-electron chi connectivity index (χ2n) is 5.14. The lowest BCUT2D eigenvalue weighted by Crippen LogP contribution is -2.41. The first kappa shape index (κ1) is 16.1. The molecule has 8 heteroatoms. The van der Waals surface area contributed by atoms with Crippen molar-refractivity contribution in [3.63, 3.8) is 0 Å². The average Bonchev–Trinajstić information content (AvgIpc) is 3.24. The smallest absolute Gasteiger partial charge is 0.233 e. The van der Waals surface area contributed by atoms with Crippen LogP contribution >= 0.6 is 11.8 Å². The summed E-state index contributed by atoms with van der Waals surface area (Å²) in [7, 11) is 0. The van der Waals surface area contributed by atoms with E-state index < -0.39 is 0 Å². The van der Waals surface area contributed by atoms with E-state index >= 15 is 0 Å². The van der Waals surface area contributed by atoms with Crippen LogP contribution in [0.1, 0.15) is 11.5 Å². The summed E-state index contributed by atoms with van der Waals surface area (Å²) < 4.78 is 12.5. The van der Waals surface area contributed by atoms with Gasteiger partial charge in [0.25, 0.3) is 0 Å². The van der Waals surface area contributed by atoms with Crippen LogP contribution in [-0.4, -0.2) is 57.5 Å². The van der Waals surface area contributed by atoms with Crippen molar-refractivity contribution in [3.8, 4) is 0 Å². The number of rotatable bonds is 6. The van der Waals surface area contributed by atoms with Gasteiger partial charge in [-0.2, -0.15) is 0 Å². The third-order valence-electron chi connectivity index (χ3n) is 3.65. The summed E-state index contributed by atoms with van der Waals surface area (Å²) in [5, 5.41) is 10.2. The fraction of sp³-hybridized carbons (Fsp3) is 0.467. The summed E-state index contributed by atoms with van der Waals surface area (Å²) in [6, 6.07) is 3.69. The van der Waals surface area contributed by atoms with E-state index in [2.05, 4.69) is 4.98 Å². The van der Waals surface area contributed by atoms with Gasteiger partial charge in [-0.1, -0.05) is 11.8 Å². The number of aromatic nitrogens is 2. The van der Waals surface area contributed by atoms with Gasteiger partial charge in [0.1, 0.15) is 5.76 Å². The van der Waals surface area contributed by atoms with E-state index in [-0.39, 0.29) is 12.5 Å². The SMILES string of the molecule is O=C(CSc1ncc(CO)n1Cc1ccco1)N1CCOCC1. The zero-order valence-corrected chi connectivity index (χ0v) is 13.5. The minimum atomic E-state index is -0.105. The normalized spacial score (nSPS) is 15.1. The number of ether oxygens (including phenoxy) is 1. The fourth-order valence-corrected chi connectivity index (χ4v) is 3.29. The van der Waals surface area contributed by atoms with Crippen LogP contribution in [0.2, 0.25) is 0 Å². The summed E-state index contributed by atoms with van der Waals surface area (Å²) in [4.78, 5) is 18.3. The van der Waals surface area contributed by atoms with E-state index in [0.29, 0.717) is 49.5 Å². The Morgan fingerprint density at radius 2 is 2.22 bits per heavy atom. The van der Waals surface area contributed by atoms with Gasteiger partial charge in [0, 0.05) is 13.1 Å². The number of carbonyl (C=O) groups excluding carboxylic acids is 1. The third-order valence-corrected chi connectivity index (χ3v) is 4.62. The lowest BCUT2D eigenvalue weighted by Gasteiger charge is -2.26. The van der Waals surface area contributed by atoms with Crippen molar-refractivity contribution in [2.24, 2.45) is 0 Å². The summed E-state index contributed by atoms with van der Waals surface area (Å²) >= 11 is 1.37. The molecule has 0 bridgehead atoms. The van der Waals surface area contributed by atoms with Gasteiger partial charge in [0.05, 0.1) is 50.3 Å². The number of hydrogen-bond acceptors (Lipinski definition) is 6. The van der Waals surface area contributed by atoms with Crippen molar-refractivity contribution < 1.29 is 19.1 Å². The molecule has 0 aliphatic carbocycles. The lowest BCUT2D eigenvalue weighted by molar-refractivity contribution is -0.132. The van der Waals surface area contributed by atoms with Crippen molar-refractivity contribution in [1.29, 1.82) is 0 Å². The minimum Gasteiger partial charge on any atom is -0.467 e. The number of hydrogen-bond donors (Lipinski definition) is 1. The molecule has 1 aliphatic heterocycles. The molecule has 3 heterocycles. The second kappa shape index (κ2) is 7.67. The molecule has 2 aromatic rings. The Bertz CT molecular complexity index is 635. The molecule has 0 saturated carbocycles. The molecular weight excluding hydrogens is 318 g/mol. The predicted molar refractivity (Wildman–Crippen MR) is 84.1 cm³/mol. The molecule has 1 amide bonds. The molecule has 0 radical (unpaired) electrons. The molecule has 2 aromatic heterocycles. The minimum absolute atomic E-state index is 0.0800. The van der Waals surface area contributed by atoms with Crippen LogP contribution in [0, 0.1) is 0 Å². The molecule has 3 rings (SSSR count). The maximum atomic E-state index is 12.2. The van der Waals surface area contributed by atoms with Gasteiger partial charge in [-0.05, 0) is 12.1 Å². The first-order valence-electron chi connectivity index (χ1n) is 7.44. The number of nitrogens with zero attached hydrogens (tertiary/aromatic N) is 3. The number of morpholine rings is 1. The van der Waals surface area contributed by atoms with Crippen LogP contribution in [0.5, 0.6) is 0 Å². The highest BCUT2D eigenvalue weighted by atomic mass is 32.2. The Kier molecular flexibility index (Phi) is 5.37. The summed E-state index contributed by atoms with van der Waals surface area (Å²) in [6.07, 6.45) is 3.24. The van der Waals surface area contributed by atoms with Crippen LogP contribution in [0.25, 0.3) is 0 Å². The molecule has 124 valence electrons. The van der Waals surface area contributed by atoms with E-state index in [9.17, 15) is 9.90 Å². The molecule has 1 N–H and O–H groups in total. The van der Waals surface area contributed by atoms with Crippen LogP contribution in [0.15, 0.2) is 34.2 Å². The van der Waals surface area contributed by atoms with E-state index in [1.165, 1.54) is 11.8 Å². The third kappa shape index (κ3) is 3.95. The van der Waals surface area contributed by atoms with Crippen LogP contribution in [-0.2, 0) is 22.7 Å². The van der Waals surface area contributed by atoms with Gasteiger partial charge < -0.3 is 23.7 Å². The highest BCUT2D eigenvalue weighted by molar-refractivity contribution is 7.99. The molecule has 0 aromatic carbocycles. The number of aliphatic hydroxyl groups excluding tert-OH is 1. The molecule has 0 unspecified atom stereocenters. The van der Waals surface area contributed by atoms with Crippen molar-refractivity contribution in [2.45, 2.75) is 18.3 Å². The first-order chi connectivity index (χ1) is 11.3. The van der Waals surface area contributed by atoms with Crippen LogP contribution in [0.3, 0.4) is 0 Å². The van der Waals surface area contributed by atoms with Gasteiger partial charge in [-0.15, -0.1) is 0 Å². The topological polar surface area (TPSA) is 80.7 Å². The number of thioether (sulfide) groups is 1. The zero-order chi connectivity index (χ0) is 16.1. The number of imidazole rings is 1. The molecule has 7 nitrogen and oxygen atoms in total. The molecule has 0 atom stereocenters. The van der Waals surface area contributed by atoms with E-state index in [0.717, 1.165) is 5.76 Å². The van der Waals surface area contributed by atoms with Gasteiger partial charge in [-0.3, -0.25) is 4.79 Å². The fourth-order valence-electron chi connectivity index (χ4n) is 2.39. The van der Waals surface area contributed by atoms with Crippen molar-refractivity contribution in [3.05, 3.63) is 36.0 Å². The van der Waals surface area contributed by atoms with E-state index in [1.807, 2.05) is 21.6 Å². The molecule has 0 spiro atoms. The van der Waals surface area contributed by atoms with Gasteiger partial charge in [0.2, 0.25) is 5.91 Å². The highest BCUT2D eigenvalue weighted by Crippen LogP contribution is 2.21.